The lowest BCUT2D eigenvalue weighted by Crippen LogP contribution is -2.87. The highest BCUT2D eigenvalue weighted by molar-refractivity contribution is 9.10. The first kappa shape index (κ1) is 20.5. The van der Waals surface area contributed by atoms with Crippen LogP contribution in [0.5, 0.6) is 0 Å². The fourth-order valence-corrected chi connectivity index (χ4v) is 3.17. The number of halogens is 1. The van der Waals surface area contributed by atoms with E-state index in [4.69, 9.17) is 0 Å². The standard InChI is InChI=1S/C21H28BrN3O/c1-5-20(17-8-10-18(22)11-9-17)23-14-21(26)25(4)15-16-6-12-19(13-7-16)24(2)3/h6-13,20,23H,5,14-15H2,1-4H3/p+1/t20-/m0/s1. The van der Waals surface area contributed by atoms with Crippen LogP contribution in [0.4, 0.5) is 5.69 Å². The molecular formula is C21H29BrN3O+. The zero-order chi connectivity index (χ0) is 19.1. The summed E-state index contributed by atoms with van der Waals surface area (Å²) in [6, 6.07) is 17.0. The van der Waals surface area contributed by atoms with Gasteiger partial charge >= 0.3 is 0 Å². The van der Waals surface area contributed by atoms with E-state index in [1.807, 2.05) is 21.1 Å². The molecule has 0 saturated heterocycles. The van der Waals surface area contributed by atoms with E-state index in [1.165, 1.54) is 5.56 Å². The predicted octanol–water partition coefficient (Wildman–Crippen LogP) is 3.19. The number of hydrogen-bond donors (Lipinski definition) is 1. The van der Waals surface area contributed by atoms with Gasteiger partial charge in [-0.2, -0.15) is 0 Å². The molecular weight excluding hydrogens is 390 g/mol. The summed E-state index contributed by atoms with van der Waals surface area (Å²) < 4.78 is 1.08. The molecule has 0 fully saturated rings. The van der Waals surface area contributed by atoms with Crippen LogP contribution in [0.15, 0.2) is 53.0 Å². The van der Waals surface area contributed by atoms with Crippen molar-refractivity contribution in [2.24, 2.45) is 0 Å². The van der Waals surface area contributed by atoms with Crippen molar-refractivity contribution in [2.45, 2.75) is 25.9 Å². The summed E-state index contributed by atoms with van der Waals surface area (Å²) in [6.45, 7) is 3.25. The molecule has 0 saturated carbocycles. The predicted molar refractivity (Wildman–Crippen MR) is 111 cm³/mol. The van der Waals surface area contributed by atoms with Crippen LogP contribution in [0.1, 0.15) is 30.5 Å². The van der Waals surface area contributed by atoms with Gasteiger partial charge in [-0.3, -0.25) is 4.79 Å². The molecule has 2 N–H and O–H groups in total. The Hall–Kier alpha value is -1.85. The minimum absolute atomic E-state index is 0.150. The van der Waals surface area contributed by atoms with Gasteiger partial charge in [0.25, 0.3) is 5.91 Å². The number of anilines is 1. The van der Waals surface area contributed by atoms with Gasteiger partial charge in [-0.05, 0) is 29.8 Å². The van der Waals surface area contributed by atoms with Crippen molar-refractivity contribution in [3.63, 3.8) is 0 Å². The van der Waals surface area contributed by atoms with Crippen molar-refractivity contribution in [3.8, 4) is 0 Å². The molecule has 4 nitrogen and oxygen atoms in total. The topological polar surface area (TPSA) is 40.2 Å². The molecule has 0 spiro atoms. The lowest BCUT2D eigenvalue weighted by atomic mass is 10.0. The molecule has 0 radical (unpaired) electrons. The number of quaternary nitrogens is 1. The molecule has 26 heavy (non-hydrogen) atoms. The molecule has 2 aromatic carbocycles. The molecule has 0 heterocycles. The second-order valence-electron chi connectivity index (χ2n) is 6.82. The van der Waals surface area contributed by atoms with Gasteiger partial charge in [-0.25, -0.2) is 0 Å². The first-order valence-electron chi connectivity index (χ1n) is 8.99. The van der Waals surface area contributed by atoms with Crippen LogP contribution in [0.3, 0.4) is 0 Å². The number of carbonyl (C=O) groups excluding carboxylic acids is 1. The van der Waals surface area contributed by atoms with Crippen molar-refractivity contribution in [3.05, 3.63) is 64.1 Å². The first-order chi connectivity index (χ1) is 12.4. The molecule has 0 aliphatic rings. The molecule has 2 rings (SSSR count). The van der Waals surface area contributed by atoms with Crippen LogP contribution < -0.4 is 10.2 Å². The molecule has 2 aromatic rings. The molecule has 0 aliphatic carbocycles. The Morgan fingerprint density at radius 1 is 1.04 bits per heavy atom. The average molecular weight is 419 g/mol. The highest BCUT2D eigenvalue weighted by atomic mass is 79.9. The van der Waals surface area contributed by atoms with Gasteiger partial charge in [0.1, 0.15) is 6.04 Å². The SMILES string of the molecule is CC[C@H]([NH2+]CC(=O)N(C)Cc1ccc(N(C)C)cc1)c1ccc(Br)cc1. The minimum atomic E-state index is 0.150. The number of carbonyl (C=O) groups is 1. The molecule has 1 atom stereocenters. The number of likely N-dealkylation sites (N-methyl/N-ethyl adjacent to an activating group) is 1. The number of rotatable bonds is 8. The second kappa shape index (κ2) is 9.74. The van der Waals surface area contributed by atoms with E-state index < -0.39 is 0 Å². The zero-order valence-electron chi connectivity index (χ0n) is 16.1. The summed E-state index contributed by atoms with van der Waals surface area (Å²) in [6.07, 6.45) is 0.991. The first-order valence-corrected chi connectivity index (χ1v) is 9.79. The maximum absolute atomic E-state index is 12.5. The highest BCUT2D eigenvalue weighted by Gasteiger charge is 2.17. The summed E-state index contributed by atoms with van der Waals surface area (Å²) in [5.41, 5.74) is 3.56. The van der Waals surface area contributed by atoms with Gasteiger partial charge in [-0.1, -0.05) is 47.1 Å². The lowest BCUT2D eigenvalue weighted by Gasteiger charge is -2.20. The quantitative estimate of drug-likeness (QED) is 0.714. The summed E-state index contributed by atoms with van der Waals surface area (Å²) in [5.74, 6) is 0.150. The van der Waals surface area contributed by atoms with Gasteiger partial charge in [0.05, 0.1) is 0 Å². The molecule has 0 unspecified atom stereocenters. The van der Waals surface area contributed by atoms with E-state index in [1.54, 1.807) is 4.90 Å². The van der Waals surface area contributed by atoms with E-state index >= 15 is 0 Å². The van der Waals surface area contributed by atoms with Crippen LogP contribution in [0.2, 0.25) is 0 Å². The summed E-state index contributed by atoms with van der Waals surface area (Å²) in [4.78, 5) is 16.4. The normalized spacial score (nSPS) is 11.9. The third-order valence-electron chi connectivity index (χ3n) is 4.61. The van der Waals surface area contributed by atoms with Gasteiger partial charge in [0.2, 0.25) is 0 Å². The minimum Gasteiger partial charge on any atom is -0.378 e. The molecule has 0 bridgehead atoms. The summed E-state index contributed by atoms with van der Waals surface area (Å²) in [5, 5.41) is 2.14. The monoisotopic (exact) mass is 418 g/mol. The average Bonchev–Trinajstić information content (AvgIpc) is 2.63. The van der Waals surface area contributed by atoms with E-state index in [2.05, 4.69) is 81.6 Å². The Morgan fingerprint density at radius 2 is 1.65 bits per heavy atom. The van der Waals surface area contributed by atoms with Crippen molar-refractivity contribution in [2.75, 3.05) is 32.6 Å². The molecule has 0 aliphatic heterocycles. The summed E-state index contributed by atoms with van der Waals surface area (Å²) >= 11 is 3.47. The largest absolute Gasteiger partial charge is 0.378 e. The van der Waals surface area contributed by atoms with Crippen LogP contribution in [-0.4, -0.2) is 38.5 Å². The maximum Gasteiger partial charge on any atom is 0.277 e. The van der Waals surface area contributed by atoms with E-state index in [0.717, 1.165) is 22.1 Å². The lowest BCUT2D eigenvalue weighted by molar-refractivity contribution is -0.686. The Balaban J connectivity index is 1.88. The Morgan fingerprint density at radius 3 is 2.19 bits per heavy atom. The van der Waals surface area contributed by atoms with Gasteiger partial charge < -0.3 is 15.1 Å². The molecule has 1 amide bonds. The van der Waals surface area contributed by atoms with Crippen molar-refractivity contribution in [1.82, 2.24) is 4.90 Å². The fourth-order valence-electron chi connectivity index (χ4n) is 2.91. The van der Waals surface area contributed by atoms with Crippen molar-refractivity contribution >= 4 is 27.5 Å². The Kier molecular flexibility index (Phi) is 7.66. The van der Waals surface area contributed by atoms with Gasteiger partial charge in [0, 0.05) is 49.8 Å². The van der Waals surface area contributed by atoms with E-state index in [9.17, 15) is 4.79 Å². The molecule has 140 valence electrons. The molecule has 0 aromatic heterocycles. The third kappa shape index (κ3) is 5.85. The number of nitrogens with two attached hydrogens (primary N) is 1. The smallest absolute Gasteiger partial charge is 0.277 e. The fraction of sp³-hybridized carbons (Fsp3) is 0.381. The number of benzene rings is 2. The summed E-state index contributed by atoms with van der Waals surface area (Å²) in [7, 11) is 5.92. The van der Waals surface area contributed by atoms with Crippen LogP contribution in [0.25, 0.3) is 0 Å². The van der Waals surface area contributed by atoms with Gasteiger partial charge in [0.15, 0.2) is 6.54 Å². The Bertz CT molecular complexity index is 698. The zero-order valence-corrected chi connectivity index (χ0v) is 17.7. The van der Waals surface area contributed by atoms with E-state index in [-0.39, 0.29) is 5.91 Å². The second-order valence-corrected chi connectivity index (χ2v) is 7.73. The van der Waals surface area contributed by atoms with Crippen molar-refractivity contribution < 1.29 is 10.1 Å². The number of amides is 1. The van der Waals surface area contributed by atoms with Crippen LogP contribution in [0, 0.1) is 0 Å². The van der Waals surface area contributed by atoms with E-state index in [0.29, 0.717) is 19.1 Å². The maximum atomic E-state index is 12.5. The van der Waals surface area contributed by atoms with Gasteiger partial charge in [-0.15, -0.1) is 0 Å². The Labute approximate surface area is 165 Å². The third-order valence-corrected chi connectivity index (χ3v) is 5.14. The van der Waals surface area contributed by atoms with Crippen LogP contribution in [-0.2, 0) is 11.3 Å². The van der Waals surface area contributed by atoms with Crippen molar-refractivity contribution in [1.29, 1.82) is 0 Å². The number of hydrogen-bond acceptors (Lipinski definition) is 2. The van der Waals surface area contributed by atoms with Crippen LogP contribution >= 0.6 is 15.9 Å². The number of nitrogens with zero attached hydrogens (tertiary/aromatic N) is 2. The molecule has 5 heteroatoms. The highest BCUT2D eigenvalue weighted by Crippen LogP contribution is 2.16.